The Labute approximate surface area is 207 Å². The Morgan fingerprint density at radius 1 is 1.00 bits per heavy atom. The number of hydrogen-bond acceptors (Lipinski definition) is 4. The van der Waals surface area contributed by atoms with E-state index >= 15 is 0 Å². The molecule has 1 saturated carbocycles. The lowest BCUT2D eigenvalue weighted by Gasteiger charge is -2.29. The van der Waals surface area contributed by atoms with Crippen LogP contribution in [0.15, 0.2) is 42.5 Å². The summed E-state index contributed by atoms with van der Waals surface area (Å²) in [6.45, 7) is 0.721. The summed E-state index contributed by atoms with van der Waals surface area (Å²) in [6, 6.07) is 9.92. The second kappa shape index (κ2) is 12.6. The van der Waals surface area contributed by atoms with Crippen molar-refractivity contribution >= 4 is 17.5 Å². The number of benzene rings is 2. The van der Waals surface area contributed by atoms with E-state index in [1.54, 1.807) is 7.11 Å². The Balaban J connectivity index is 1.59. The van der Waals surface area contributed by atoms with Gasteiger partial charge in [0.05, 0.1) is 24.2 Å². The van der Waals surface area contributed by atoms with Crippen molar-refractivity contribution in [1.82, 2.24) is 10.6 Å². The van der Waals surface area contributed by atoms with Crippen molar-refractivity contribution in [2.24, 2.45) is 11.8 Å². The maximum absolute atomic E-state index is 14.4. The molecule has 0 bridgehead atoms. The van der Waals surface area contributed by atoms with E-state index in [4.69, 9.17) is 4.74 Å². The molecule has 1 atom stereocenters. The molecule has 196 valence electrons. The van der Waals surface area contributed by atoms with Gasteiger partial charge in [-0.3, -0.25) is 9.59 Å². The van der Waals surface area contributed by atoms with Gasteiger partial charge >= 0.3 is 6.18 Å². The van der Waals surface area contributed by atoms with Crippen LogP contribution in [0.1, 0.15) is 48.0 Å². The van der Waals surface area contributed by atoms with Crippen LogP contribution in [0.4, 0.5) is 23.2 Å². The molecule has 0 saturated heterocycles. The zero-order valence-electron chi connectivity index (χ0n) is 20.1. The number of methoxy groups -OCH3 is 1. The number of rotatable bonds is 10. The van der Waals surface area contributed by atoms with Crippen LogP contribution in [-0.2, 0) is 11.0 Å². The minimum Gasteiger partial charge on any atom is -0.497 e. The predicted molar refractivity (Wildman–Crippen MR) is 128 cm³/mol. The van der Waals surface area contributed by atoms with Crippen molar-refractivity contribution in [3.8, 4) is 5.75 Å². The fourth-order valence-corrected chi connectivity index (χ4v) is 4.47. The van der Waals surface area contributed by atoms with E-state index < -0.39 is 34.9 Å². The molecule has 2 aromatic carbocycles. The van der Waals surface area contributed by atoms with Crippen LogP contribution in [0.3, 0.4) is 0 Å². The molecular formula is C26H31F4N3O3. The van der Waals surface area contributed by atoms with Crippen molar-refractivity contribution in [2.75, 3.05) is 32.1 Å². The normalized spacial score (nSPS) is 15.1. The average Bonchev–Trinajstić information content (AvgIpc) is 2.87. The van der Waals surface area contributed by atoms with Crippen molar-refractivity contribution in [3.63, 3.8) is 0 Å². The van der Waals surface area contributed by atoms with Gasteiger partial charge in [0, 0.05) is 25.3 Å². The van der Waals surface area contributed by atoms with Crippen molar-refractivity contribution in [1.29, 1.82) is 0 Å². The monoisotopic (exact) mass is 509 g/mol. The van der Waals surface area contributed by atoms with Gasteiger partial charge < -0.3 is 20.7 Å². The number of anilines is 1. The topological polar surface area (TPSA) is 79.5 Å². The average molecular weight is 510 g/mol. The highest BCUT2D eigenvalue weighted by atomic mass is 19.4. The van der Waals surface area contributed by atoms with E-state index in [0.29, 0.717) is 19.2 Å². The lowest BCUT2D eigenvalue weighted by atomic mass is 9.79. The van der Waals surface area contributed by atoms with E-state index in [2.05, 4.69) is 16.0 Å². The molecule has 2 amide bonds. The molecule has 1 aliphatic carbocycles. The minimum atomic E-state index is -4.91. The Hall–Kier alpha value is -3.30. The van der Waals surface area contributed by atoms with Gasteiger partial charge in [-0.05, 0) is 55.2 Å². The van der Waals surface area contributed by atoms with E-state index in [1.165, 1.54) is 0 Å². The fourth-order valence-electron chi connectivity index (χ4n) is 4.47. The second-order valence-corrected chi connectivity index (χ2v) is 8.83. The van der Waals surface area contributed by atoms with Crippen molar-refractivity contribution in [2.45, 2.75) is 38.3 Å². The number of alkyl halides is 3. The third-order valence-corrected chi connectivity index (χ3v) is 6.43. The van der Waals surface area contributed by atoms with Crippen molar-refractivity contribution in [3.05, 3.63) is 59.4 Å². The number of carbonyl (C=O) groups is 2. The zero-order chi connectivity index (χ0) is 26.1. The van der Waals surface area contributed by atoms with Crippen LogP contribution in [0.5, 0.6) is 5.75 Å². The van der Waals surface area contributed by atoms with Gasteiger partial charge in [-0.25, -0.2) is 4.39 Å². The molecule has 0 heterocycles. The highest BCUT2D eigenvalue weighted by molar-refractivity contribution is 5.95. The van der Waals surface area contributed by atoms with Gasteiger partial charge in [-0.1, -0.05) is 25.3 Å². The number of carbonyl (C=O) groups excluding carboxylic acids is 2. The number of halogens is 4. The van der Waals surface area contributed by atoms with Gasteiger partial charge in [0.2, 0.25) is 5.91 Å². The summed E-state index contributed by atoms with van der Waals surface area (Å²) in [5.41, 5.74) is -1.33. The first kappa shape index (κ1) is 27.3. The van der Waals surface area contributed by atoms with Crippen LogP contribution in [0.25, 0.3) is 0 Å². The first-order valence-electron chi connectivity index (χ1n) is 12.0. The Kier molecular flexibility index (Phi) is 9.55. The molecule has 3 N–H and O–H groups in total. The molecule has 0 aromatic heterocycles. The molecule has 10 heteroatoms. The van der Waals surface area contributed by atoms with Gasteiger partial charge in [0.15, 0.2) is 0 Å². The second-order valence-electron chi connectivity index (χ2n) is 8.83. The van der Waals surface area contributed by atoms with Gasteiger partial charge in [0.1, 0.15) is 11.6 Å². The van der Waals surface area contributed by atoms with Gasteiger partial charge in [0.25, 0.3) is 5.91 Å². The third-order valence-electron chi connectivity index (χ3n) is 6.43. The number of hydrogen-bond donors (Lipinski definition) is 3. The SMILES string of the molecule is COc1ccc(NCCNC(=O)C(CNC(=O)c2cccc(C(F)(F)F)c2F)C2CCCCC2)cc1. The lowest BCUT2D eigenvalue weighted by Crippen LogP contribution is -2.44. The molecule has 0 aliphatic heterocycles. The van der Waals surface area contributed by atoms with Crippen LogP contribution in [0, 0.1) is 17.7 Å². The molecule has 1 aliphatic rings. The molecule has 0 radical (unpaired) electrons. The maximum atomic E-state index is 14.4. The third kappa shape index (κ3) is 7.35. The van der Waals surface area contributed by atoms with E-state index in [1.807, 2.05) is 24.3 Å². The highest BCUT2D eigenvalue weighted by Gasteiger charge is 2.36. The summed E-state index contributed by atoms with van der Waals surface area (Å²) in [6.07, 6.45) is -0.289. The first-order valence-corrected chi connectivity index (χ1v) is 12.0. The van der Waals surface area contributed by atoms with Gasteiger partial charge in [-0.15, -0.1) is 0 Å². The molecule has 0 spiro atoms. The largest absolute Gasteiger partial charge is 0.497 e. The van der Waals surface area contributed by atoms with Crippen LogP contribution in [0.2, 0.25) is 0 Å². The Bertz CT molecular complexity index is 1020. The number of amides is 2. The predicted octanol–water partition coefficient (Wildman–Crippen LogP) is 5.01. The first-order chi connectivity index (χ1) is 17.2. The summed E-state index contributed by atoms with van der Waals surface area (Å²) in [7, 11) is 1.58. The molecule has 2 aromatic rings. The summed E-state index contributed by atoms with van der Waals surface area (Å²) < 4.78 is 58.5. The van der Waals surface area contributed by atoms with Crippen molar-refractivity contribution < 1.29 is 31.9 Å². The van der Waals surface area contributed by atoms with E-state index in [9.17, 15) is 27.2 Å². The smallest absolute Gasteiger partial charge is 0.419 e. The Morgan fingerprint density at radius 3 is 2.33 bits per heavy atom. The summed E-state index contributed by atoms with van der Waals surface area (Å²) >= 11 is 0. The maximum Gasteiger partial charge on any atom is 0.419 e. The van der Waals surface area contributed by atoms with Crippen LogP contribution < -0.4 is 20.7 Å². The van der Waals surface area contributed by atoms with E-state index in [0.717, 1.165) is 55.7 Å². The summed E-state index contributed by atoms with van der Waals surface area (Å²) in [4.78, 5) is 25.6. The van der Waals surface area contributed by atoms with Crippen LogP contribution >= 0.6 is 0 Å². The molecule has 36 heavy (non-hydrogen) atoms. The lowest BCUT2D eigenvalue weighted by molar-refractivity contribution is -0.140. The molecule has 6 nitrogen and oxygen atoms in total. The molecule has 1 fully saturated rings. The Morgan fingerprint density at radius 2 is 1.69 bits per heavy atom. The van der Waals surface area contributed by atoms with Crippen LogP contribution in [-0.4, -0.2) is 38.6 Å². The molecule has 3 rings (SSSR count). The highest BCUT2D eigenvalue weighted by Crippen LogP contribution is 2.33. The number of ether oxygens (including phenoxy) is 1. The molecule has 1 unspecified atom stereocenters. The fraction of sp³-hybridized carbons (Fsp3) is 0.462. The summed E-state index contributed by atoms with van der Waals surface area (Å²) in [5, 5.41) is 8.56. The summed E-state index contributed by atoms with van der Waals surface area (Å²) in [5.74, 6) is -2.65. The molecular weight excluding hydrogens is 478 g/mol. The zero-order valence-corrected chi connectivity index (χ0v) is 20.1. The van der Waals surface area contributed by atoms with E-state index in [-0.39, 0.29) is 18.4 Å². The minimum absolute atomic E-state index is 0.0277. The quantitative estimate of drug-likeness (QED) is 0.311. The van der Waals surface area contributed by atoms with Gasteiger partial charge in [-0.2, -0.15) is 13.2 Å². The standard InChI is InChI=1S/C26H31F4N3O3/c1-36-19-12-10-18(11-13-19)31-14-15-32-25(35)21(17-6-3-2-4-7-17)16-33-24(34)20-8-5-9-22(23(20)27)26(28,29)30/h5,8-13,17,21,31H,2-4,6-7,14-16H2,1H3,(H,32,35)(H,33,34). The number of nitrogens with one attached hydrogen (secondary N) is 3.